The van der Waals surface area contributed by atoms with Gasteiger partial charge < -0.3 is 23.2 Å². The van der Waals surface area contributed by atoms with Gasteiger partial charge >= 0.3 is 11.6 Å². The summed E-state index contributed by atoms with van der Waals surface area (Å²) < 4.78 is 27.3. The quantitative estimate of drug-likeness (QED) is 0.185. The number of carbonyl (C=O) groups is 1. The van der Waals surface area contributed by atoms with E-state index in [2.05, 4.69) is 5.16 Å². The molecule has 0 aliphatic rings. The maximum absolute atomic E-state index is 12.4. The van der Waals surface area contributed by atoms with E-state index in [0.29, 0.717) is 35.0 Å². The van der Waals surface area contributed by atoms with Crippen molar-refractivity contribution < 1.29 is 27.9 Å². The molecule has 2 aromatic heterocycles. The summed E-state index contributed by atoms with van der Waals surface area (Å²) in [5.41, 5.74) is 4.90. The molecule has 8 nitrogen and oxygen atoms in total. The van der Waals surface area contributed by atoms with Crippen LogP contribution in [0.25, 0.3) is 17.0 Å². The summed E-state index contributed by atoms with van der Waals surface area (Å²) in [6, 6.07) is 10.5. The zero-order valence-electron chi connectivity index (χ0n) is 20.8. The first-order valence-corrected chi connectivity index (χ1v) is 11.4. The van der Waals surface area contributed by atoms with Crippen LogP contribution in [0.15, 0.2) is 56.2 Å². The predicted octanol–water partition coefficient (Wildman–Crippen LogP) is 5.36. The third-order valence-electron chi connectivity index (χ3n) is 6.04. The van der Waals surface area contributed by atoms with Gasteiger partial charge in [-0.1, -0.05) is 23.4 Å². The first kappa shape index (κ1) is 24.8. The molecule has 186 valence electrons. The summed E-state index contributed by atoms with van der Waals surface area (Å²) in [4.78, 5) is 24.4. The number of methoxy groups -OCH3 is 1. The minimum Gasteiger partial charge on any atom is -0.493 e. The van der Waals surface area contributed by atoms with Crippen LogP contribution < -0.4 is 15.1 Å². The highest BCUT2D eigenvalue weighted by atomic mass is 16.5. The van der Waals surface area contributed by atoms with Crippen molar-refractivity contribution in [3.63, 3.8) is 0 Å². The third-order valence-corrected chi connectivity index (χ3v) is 6.04. The topological polar surface area (TPSA) is 101 Å². The van der Waals surface area contributed by atoms with E-state index in [4.69, 9.17) is 23.2 Å². The van der Waals surface area contributed by atoms with E-state index in [0.717, 1.165) is 33.3 Å². The summed E-state index contributed by atoms with van der Waals surface area (Å²) in [6.45, 7) is 7.77. The fourth-order valence-electron chi connectivity index (χ4n) is 3.77. The fraction of sp³-hybridized carbons (Fsp3) is 0.250. The number of carbonyl (C=O) groups excluding carboxylic acids is 1. The van der Waals surface area contributed by atoms with E-state index >= 15 is 0 Å². The Labute approximate surface area is 208 Å². The number of hydrogen-bond acceptors (Lipinski definition) is 8. The van der Waals surface area contributed by atoms with E-state index in [1.165, 1.54) is 12.1 Å². The summed E-state index contributed by atoms with van der Waals surface area (Å²) in [5, 5.41) is 4.67. The highest BCUT2D eigenvalue weighted by molar-refractivity contribution is 5.88. The van der Waals surface area contributed by atoms with E-state index in [1.54, 1.807) is 31.4 Å². The number of esters is 1. The van der Waals surface area contributed by atoms with Gasteiger partial charge in [-0.3, -0.25) is 0 Å². The van der Waals surface area contributed by atoms with Gasteiger partial charge in [0.25, 0.3) is 0 Å². The molecular formula is C28H27NO7. The van der Waals surface area contributed by atoms with Crippen molar-refractivity contribution in [3.8, 4) is 11.5 Å². The largest absolute Gasteiger partial charge is 0.493 e. The van der Waals surface area contributed by atoms with Crippen LogP contribution in [0.4, 0.5) is 0 Å². The molecule has 0 N–H and O–H groups in total. The lowest BCUT2D eigenvalue weighted by Gasteiger charge is -2.11. The van der Waals surface area contributed by atoms with Gasteiger partial charge in [-0.2, -0.15) is 0 Å². The van der Waals surface area contributed by atoms with Crippen LogP contribution in [0, 0.1) is 27.7 Å². The van der Waals surface area contributed by atoms with E-state index in [-0.39, 0.29) is 6.61 Å². The highest BCUT2D eigenvalue weighted by Gasteiger charge is 2.13. The Kier molecular flexibility index (Phi) is 7.24. The first-order chi connectivity index (χ1) is 17.3. The van der Waals surface area contributed by atoms with Crippen LogP contribution in [0.1, 0.15) is 39.3 Å². The Balaban J connectivity index is 1.42. The maximum atomic E-state index is 12.4. The molecule has 36 heavy (non-hydrogen) atoms. The van der Waals surface area contributed by atoms with Crippen LogP contribution in [0.5, 0.6) is 11.5 Å². The summed E-state index contributed by atoms with van der Waals surface area (Å²) >= 11 is 0. The average molecular weight is 490 g/mol. The zero-order valence-corrected chi connectivity index (χ0v) is 20.8. The number of ether oxygens (including phenoxy) is 3. The lowest BCUT2D eigenvalue weighted by molar-refractivity contribution is -0.138. The molecule has 8 heteroatoms. The second-order valence-electron chi connectivity index (χ2n) is 8.42. The molecule has 0 saturated carbocycles. The highest BCUT2D eigenvalue weighted by Crippen LogP contribution is 2.30. The molecule has 0 atom stereocenters. The van der Waals surface area contributed by atoms with Gasteiger partial charge in [-0.15, -0.1) is 0 Å². The number of nitrogens with zero attached hydrogens (tertiary/aromatic N) is 1. The molecule has 0 bridgehead atoms. The van der Waals surface area contributed by atoms with Crippen LogP contribution in [0.2, 0.25) is 0 Å². The Morgan fingerprint density at radius 1 is 1.03 bits per heavy atom. The normalized spacial score (nSPS) is 11.2. The van der Waals surface area contributed by atoms with Crippen LogP contribution in [-0.4, -0.2) is 18.2 Å². The number of benzene rings is 2. The van der Waals surface area contributed by atoms with Crippen molar-refractivity contribution in [2.45, 2.75) is 40.9 Å². The maximum Gasteiger partial charge on any atom is 0.336 e. The van der Waals surface area contributed by atoms with Crippen molar-refractivity contribution in [2.75, 3.05) is 7.11 Å². The first-order valence-electron chi connectivity index (χ1n) is 11.4. The minimum absolute atomic E-state index is 0.0500. The standard InChI is InChI=1S/C28H27NO7/c1-16-6-9-22-21(13-27(31)35-28(22)17(16)2)14-34-26(30)11-8-20-7-10-24(25(12-20)32-5)33-15-23-18(3)29-36-19(23)4/h6-13H,14-15H2,1-5H3/b11-8+. The number of aryl methyl sites for hydroxylation is 4. The summed E-state index contributed by atoms with van der Waals surface area (Å²) in [5.74, 6) is 1.24. The number of aromatic nitrogens is 1. The van der Waals surface area contributed by atoms with Gasteiger partial charge in [0.2, 0.25) is 0 Å². The summed E-state index contributed by atoms with van der Waals surface area (Å²) in [7, 11) is 1.55. The van der Waals surface area contributed by atoms with Crippen molar-refractivity contribution in [1.29, 1.82) is 0 Å². The molecule has 0 amide bonds. The van der Waals surface area contributed by atoms with E-state index in [1.807, 2.05) is 39.8 Å². The molecule has 0 spiro atoms. The van der Waals surface area contributed by atoms with Crippen LogP contribution in [0.3, 0.4) is 0 Å². The lowest BCUT2D eigenvalue weighted by Crippen LogP contribution is -2.06. The van der Waals surface area contributed by atoms with Gasteiger partial charge in [-0.05, 0) is 62.6 Å². The zero-order chi connectivity index (χ0) is 25.8. The SMILES string of the molecule is COc1cc(/C=C/C(=O)OCc2cc(=O)oc3c(C)c(C)ccc23)ccc1OCc1c(C)noc1C. The lowest BCUT2D eigenvalue weighted by atomic mass is 10.0. The molecule has 0 fully saturated rings. The second-order valence-corrected chi connectivity index (χ2v) is 8.42. The van der Waals surface area contributed by atoms with Crippen molar-refractivity contribution in [1.82, 2.24) is 5.16 Å². The van der Waals surface area contributed by atoms with E-state index < -0.39 is 11.6 Å². The Morgan fingerprint density at radius 3 is 2.56 bits per heavy atom. The van der Waals surface area contributed by atoms with Crippen LogP contribution in [-0.2, 0) is 22.7 Å². The number of rotatable bonds is 8. The monoisotopic (exact) mass is 489 g/mol. The fourth-order valence-corrected chi connectivity index (χ4v) is 3.77. The van der Waals surface area contributed by atoms with Gasteiger partial charge in [0.1, 0.15) is 24.6 Å². The molecule has 0 aliphatic heterocycles. The number of hydrogen-bond donors (Lipinski definition) is 0. The van der Waals surface area contributed by atoms with Gasteiger partial charge in [-0.25, -0.2) is 9.59 Å². The third kappa shape index (κ3) is 5.33. The molecule has 0 unspecified atom stereocenters. The second kappa shape index (κ2) is 10.5. The summed E-state index contributed by atoms with van der Waals surface area (Å²) in [6.07, 6.45) is 2.94. The molecule has 0 radical (unpaired) electrons. The van der Waals surface area contributed by atoms with Crippen molar-refractivity contribution >= 4 is 23.0 Å². The van der Waals surface area contributed by atoms with Gasteiger partial charge in [0, 0.05) is 23.1 Å². The Hall–Kier alpha value is -4.33. The average Bonchev–Trinajstić information content (AvgIpc) is 3.19. The molecule has 0 saturated heterocycles. The smallest absolute Gasteiger partial charge is 0.336 e. The molecular weight excluding hydrogens is 462 g/mol. The van der Waals surface area contributed by atoms with E-state index in [9.17, 15) is 9.59 Å². The van der Waals surface area contributed by atoms with Crippen LogP contribution >= 0.6 is 0 Å². The molecule has 4 aromatic rings. The minimum atomic E-state index is -0.544. The van der Waals surface area contributed by atoms with Crippen molar-refractivity contribution in [3.05, 3.63) is 92.2 Å². The number of fused-ring (bicyclic) bond motifs is 1. The predicted molar refractivity (Wildman–Crippen MR) is 134 cm³/mol. The van der Waals surface area contributed by atoms with Gasteiger partial charge in [0.05, 0.1) is 18.4 Å². The Morgan fingerprint density at radius 2 is 1.83 bits per heavy atom. The Bertz CT molecular complexity index is 1490. The van der Waals surface area contributed by atoms with Crippen molar-refractivity contribution in [2.24, 2.45) is 0 Å². The molecule has 2 heterocycles. The van der Waals surface area contributed by atoms with Gasteiger partial charge in [0.15, 0.2) is 11.5 Å². The molecule has 2 aromatic carbocycles. The molecule has 4 rings (SSSR count). The molecule has 0 aliphatic carbocycles.